The lowest BCUT2D eigenvalue weighted by Crippen LogP contribution is -2.49. The molecule has 0 saturated carbocycles. The van der Waals surface area contributed by atoms with Crippen molar-refractivity contribution in [2.75, 3.05) is 0 Å². The number of amides is 2. The maximum Gasteiger partial charge on any atom is 0.266 e. The number of fused-ring (bicyclic) bond motifs is 1. The zero-order valence-corrected chi connectivity index (χ0v) is 17.7. The molecule has 5 nitrogen and oxygen atoms in total. The van der Waals surface area contributed by atoms with Gasteiger partial charge in [0.1, 0.15) is 6.04 Å². The van der Waals surface area contributed by atoms with Crippen LogP contribution in [-0.2, 0) is 17.8 Å². The SMILES string of the molecule is CC(C)[C@@H](C(=O)NO)N1Cc2cc(Cc3ccc(-c4ccccc4)cc3)ccc2C1=O. The zero-order valence-electron chi connectivity index (χ0n) is 17.7. The minimum atomic E-state index is -0.709. The summed E-state index contributed by atoms with van der Waals surface area (Å²) in [6.07, 6.45) is 0.765. The van der Waals surface area contributed by atoms with E-state index in [1.54, 1.807) is 10.4 Å². The molecule has 158 valence electrons. The second-order valence-corrected chi connectivity index (χ2v) is 8.33. The van der Waals surface area contributed by atoms with Gasteiger partial charge >= 0.3 is 0 Å². The van der Waals surface area contributed by atoms with E-state index in [0.29, 0.717) is 12.1 Å². The Morgan fingerprint density at radius 3 is 2.26 bits per heavy atom. The molecular formula is C26H26N2O3. The van der Waals surface area contributed by atoms with Crippen molar-refractivity contribution in [2.45, 2.75) is 32.9 Å². The van der Waals surface area contributed by atoms with Crippen LogP contribution in [0.1, 0.15) is 40.9 Å². The Labute approximate surface area is 182 Å². The van der Waals surface area contributed by atoms with Gasteiger partial charge in [-0.3, -0.25) is 14.8 Å². The molecule has 5 heteroatoms. The monoisotopic (exact) mass is 414 g/mol. The van der Waals surface area contributed by atoms with Crippen molar-refractivity contribution in [3.05, 3.63) is 95.1 Å². The van der Waals surface area contributed by atoms with Gasteiger partial charge in [0.05, 0.1) is 0 Å². The lowest BCUT2D eigenvalue weighted by atomic mass is 9.98. The lowest BCUT2D eigenvalue weighted by Gasteiger charge is -2.28. The fourth-order valence-electron chi connectivity index (χ4n) is 4.28. The highest BCUT2D eigenvalue weighted by atomic mass is 16.5. The summed E-state index contributed by atoms with van der Waals surface area (Å²) in [7, 11) is 0. The van der Waals surface area contributed by atoms with Crippen molar-refractivity contribution >= 4 is 11.8 Å². The van der Waals surface area contributed by atoms with Crippen molar-refractivity contribution in [3.63, 3.8) is 0 Å². The summed E-state index contributed by atoms with van der Waals surface area (Å²) >= 11 is 0. The molecular weight excluding hydrogens is 388 g/mol. The van der Waals surface area contributed by atoms with Crippen LogP contribution in [0.3, 0.4) is 0 Å². The first-order chi connectivity index (χ1) is 15.0. The molecule has 3 aromatic carbocycles. The van der Waals surface area contributed by atoms with Crippen LogP contribution >= 0.6 is 0 Å². The fraction of sp³-hybridized carbons (Fsp3) is 0.231. The van der Waals surface area contributed by atoms with Crippen molar-refractivity contribution in [3.8, 4) is 11.1 Å². The Bertz CT molecular complexity index is 1090. The molecule has 0 radical (unpaired) electrons. The molecule has 3 aromatic rings. The largest absolute Gasteiger partial charge is 0.322 e. The molecule has 1 aliphatic rings. The van der Waals surface area contributed by atoms with Crippen LogP contribution in [0.2, 0.25) is 0 Å². The van der Waals surface area contributed by atoms with Gasteiger partial charge in [-0.25, -0.2) is 5.48 Å². The second kappa shape index (κ2) is 8.74. The van der Waals surface area contributed by atoms with Crippen molar-refractivity contribution in [2.24, 2.45) is 5.92 Å². The maximum atomic E-state index is 12.9. The van der Waals surface area contributed by atoms with E-state index in [9.17, 15) is 9.59 Å². The number of hydrogen-bond donors (Lipinski definition) is 2. The Hall–Kier alpha value is -3.44. The van der Waals surface area contributed by atoms with Gasteiger partial charge in [0.25, 0.3) is 11.8 Å². The molecule has 0 unspecified atom stereocenters. The van der Waals surface area contributed by atoms with Crippen LogP contribution in [0.4, 0.5) is 0 Å². The molecule has 1 heterocycles. The Kier molecular flexibility index (Phi) is 5.87. The van der Waals surface area contributed by atoms with Crippen LogP contribution in [0.25, 0.3) is 11.1 Å². The average molecular weight is 415 g/mol. The van der Waals surface area contributed by atoms with E-state index in [-0.39, 0.29) is 11.8 Å². The number of carbonyl (C=O) groups excluding carboxylic acids is 2. The van der Waals surface area contributed by atoms with Gasteiger partial charge in [0.2, 0.25) is 0 Å². The molecule has 0 fully saturated rings. The van der Waals surface area contributed by atoms with E-state index < -0.39 is 11.9 Å². The molecule has 0 spiro atoms. The van der Waals surface area contributed by atoms with E-state index in [4.69, 9.17) is 5.21 Å². The normalized spacial score (nSPS) is 13.9. The summed E-state index contributed by atoms with van der Waals surface area (Å²) in [6.45, 7) is 4.09. The highest BCUT2D eigenvalue weighted by Gasteiger charge is 2.38. The average Bonchev–Trinajstić information content (AvgIpc) is 3.10. The van der Waals surface area contributed by atoms with Crippen LogP contribution in [-0.4, -0.2) is 28.0 Å². The topological polar surface area (TPSA) is 69.6 Å². The molecule has 0 bridgehead atoms. The molecule has 0 saturated heterocycles. The van der Waals surface area contributed by atoms with Crippen molar-refractivity contribution in [1.82, 2.24) is 10.4 Å². The minimum Gasteiger partial charge on any atom is -0.322 e. The molecule has 31 heavy (non-hydrogen) atoms. The summed E-state index contributed by atoms with van der Waals surface area (Å²) in [4.78, 5) is 26.5. The minimum absolute atomic E-state index is 0.118. The number of carbonyl (C=O) groups is 2. The van der Waals surface area contributed by atoms with Crippen LogP contribution in [0.15, 0.2) is 72.8 Å². The molecule has 1 aliphatic heterocycles. The summed E-state index contributed by atoms with van der Waals surface area (Å²) in [5, 5.41) is 9.08. The van der Waals surface area contributed by atoms with Gasteiger partial charge in [-0.05, 0) is 46.2 Å². The summed E-state index contributed by atoms with van der Waals surface area (Å²) in [5.41, 5.74) is 7.93. The van der Waals surface area contributed by atoms with E-state index >= 15 is 0 Å². The number of rotatable bonds is 6. The summed E-state index contributed by atoms with van der Waals surface area (Å²) in [5.74, 6) is -0.848. The zero-order chi connectivity index (χ0) is 22.0. The number of benzene rings is 3. The third-order valence-electron chi connectivity index (χ3n) is 5.82. The number of hydrogen-bond acceptors (Lipinski definition) is 3. The molecule has 1 atom stereocenters. The van der Waals surface area contributed by atoms with Gasteiger partial charge in [0.15, 0.2) is 0 Å². The van der Waals surface area contributed by atoms with Gasteiger partial charge in [-0.1, -0.05) is 80.6 Å². The second-order valence-electron chi connectivity index (χ2n) is 8.33. The van der Waals surface area contributed by atoms with Crippen molar-refractivity contribution in [1.29, 1.82) is 0 Å². The van der Waals surface area contributed by atoms with E-state index in [1.807, 2.05) is 50.2 Å². The van der Waals surface area contributed by atoms with Gasteiger partial charge in [-0.2, -0.15) is 0 Å². The van der Waals surface area contributed by atoms with Crippen LogP contribution in [0, 0.1) is 5.92 Å². The highest BCUT2D eigenvalue weighted by molar-refractivity contribution is 6.01. The van der Waals surface area contributed by atoms with Crippen LogP contribution in [0.5, 0.6) is 0 Å². The number of nitrogens with one attached hydrogen (secondary N) is 1. The quantitative estimate of drug-likeness (QED) is 0.463. The van der Waals surface area contributed by atoms with Crippen molar-refractivity contribution < 1.29 is 14.8 Å². The summed E-state index contributed by atoms with van der Waals surface area (Å²) in [6, 6.07) is 24.0. The predicted molar refractivity (Wildman–Crippen MR) is 120 cm³/mol. The standard InChI is InChI=1S/C26H26N2O3/c1-17(2)24(25(29)27-31)28-16-22-15-19(10-13-23(22)26(28)30)14-18-8-11-21(12-9-18)20-6-4-3-5-7-20/h3-13,15,17,24,31H,14,16H2,1-2H3,(H,27,29)/t24-/m0/s1. The third-order valence-corrected chi connectivity index (χ3v) is 5.82. The summed E-state index contributed by atoms with van der Waals surface area (Å²) < 4.78 is 0. The maximum absolute atomic E-state index is 12.9. The van der Waals surface area contributed by atoms with E-state index in [1.165, 1.54) is 16.7 Å². The Morgan fingerprint density at radius 2 is 1.61 bits per heavy atom. The molecule has 2 amide bonds. The number of hydroxylamine groups is 1. The smallest absolute Gasteiger partial charge is 0.266 e. The molecule has 0 aliphatic carbocycles. The van der Waals surface area contributed by atoms with E-state index in [2.05, 4.69) is 36.4 Å². The first kappa shape index (κ1) is 20.8. The number of nitrogens with zero attached hydrogens (tertiary/aromatic N) is 1. The van der Waals surface area contributed by atoms with E-state index in [0.717, 1.165) is 17.5 Å². The van der Waals surface area contributed by atoms with Gasteiger partial charge in [-0.15, -0.1) is 0 Å². The van der Waals surface area contributed by atoms with Gasteiger partial charge < -0.3 is 4.90 Å². The Balaban J connectivity index is 1.52. The molecule has 0 aromatic heterocycles. The first-order valence-corrected chi connectivity index (χ1v) is 10.5. The molecule has 4 rings (SSSR count). The van der Waals surface area contributed by atoms with Crippen LogP contribution < -0.4 is 5.48 Å². The molecule has 2 N–H and O–H groups in total. The Morgan fingerprint density at radius 1 is 0.968 bits per heavy atom. The fourth-order valence-corrected chi connectivity index (χ4v) is 4.28. The first-order valence-electron chi connectivity index (χ1n) is 10.5. The lowest BCUT2D eigenvalue weighted by molar-refractivity contribution is -0.135. The highest BCUT2D eigenvalue weighted by Crippen LogP contribution is 2.29. The third kappa shape index (κ3) is 4.23. The predicted octanol–water partition coefficient (Wildman–Crippen LogP) is 4.43. The van der Waals surface area contributed by atoms with Gasteiger partial charge in [0, 0.05) is 12.1 Å².